The van der Waals surface area contributed by atoms with Crippen LogP contribution in [0.25, 0.3) is 0 Å². The van der Waals surface area contributed by atoms with E-state index in [0.29, 0.717) is 26.2 Å². The van der Waals surface area contributed by atoms with Crippen LogP contribution in [0.3, 0.4) is 0 Å². The number of amides is 1. The van der Waals surface area contributed by atoms with Crippen LogP contribution in [0.2, 0.25) is 0 Å². The standard InChI is InChI=1S/C23H33N5O3/c1-2-27-22(25-28(23(27)30)16-18-7-4-3-5-8-18)19-10-12-26(13-11-19)17-21(29)24-15-20-9-6-14-31-20/h3-5,7-8,19-20H,2,6,9-17H2,1H3,(H,24,29). The molecular weight excluding hydrogens is 394 g/mol. The third-order valence-electron chi connectivity index (χ3n) is 6.31. The van der Waals surface area contributed by atoms with Crippen LogP contribution < -0.4 is 11.0 Å². The number of ether oxygens (including phenoxy) is 1. The number of hydrogen-bond donors (Lipinski definition) is 1. The second-order valence-corrected chi connectivity index (χ2v) is 8.52. The van der Waals surface area contributed by atoms with Crippen molar-refractivity contribution < 1.29 is 9.53 Å². The van der Waals surface area contributed by atoms with Crippen molar-refractivity contribution in [1.82, 2.24) is 24.6 Å². The average molecular weight is 428 g/mol. The van der Waals surface area contributed by atoms with E-state index >= 15 is 0 Å². The molecule has 0 bridgehead atoms. The van der Waals surface area contributed by atoms with Crippen molar-refractivity contribution in [3.8, 4) is 0 Å². The van der Waals surface area contributed by atoms with Gasteiger partial charge in [-0.25, -0.2) is 9.48 Å². The molecule has 1 aromatic heterocycles. The summed E-state index contributed by atoms with van der Waals surface area (Å²) >= 11 is 0. The molecule has 0 radical (unpaired) electrons. The van der Waals surface area contributed by atoms with Crippen molar-refractivity contribution in [3.05, 3.63) is 52.2 Å². The Bertz CT molecular complexity index is 909. The second-order valence-electron chi connectivity index (χ2n) is 8.52. The van der Waals surface area contributed by atoms with E-state index in [9.17, 15) is 9.59 Å². The minimum atomic E-state index is -0.0442. The van der Waals surface area contributed by atoms with Crippen LogP contribution in [0, 0.1) is 0 Å². The van der Waals surface area contributed by atoms with Gasteiger partial charge in [-0.05, 0) is 51.3 Å². The Hall–Kier alpha value is -2.45. The number of piperidine rings is 1. The van der Waals surface area contributed by atoms with Crippen LogP contribution in [0.4, 0.5) is 0 Å². The molecule has 2 saturated heterocycles. The fourth-order valence-electron chi connectivity index (χ4n) is 4.56. The maximum absolute atomic E-state index is 12.8. The Morgan fingerprint density at radius 3 is 2.65 bits per heavy atom. The molecule has 0 aliphatic carbocycles. The first-order valence-corrected chi connectivity index (χ1v) is 11.5. The van der Waals surface area contributed by atoms with Gasteiger partial charge in [0.05, 0.1) is 19.2 Å². The minimum absolute atomic E-state index is 0.0442. The van der Waals surface area contributed by atoms with Crippen LogP contribution >= 0.6 is 0 Å². The first kappa shape index (κ1) is 21.8. The highest BCUT2D eigenvalue weighted by Crippen LogP contribution is 2.26. The Balaban J connectivity index is 1.32. The molecule has 1 aromatic carbocycles. The average Bonchev–Trinajstić information content (AvgIpc) is 3.42. The predicted molar refractivity (Wildman–Crippen MR) is 118 cm³/mol. The fraction of sp³-hybridized carbons (Fsp3) is 0.609. The molecule has 2 aliphatic rings. The van der Waals surface area contributed by atoms with Gasteiger partial charge in [0, 0.05) is 25.6 Å². The molecule has 8 nitrogen and oxygen atoms in total. The largest absolute Gasteiger partial charge is 0.376 e. The van der Waals surface area contributed by atoms with Crippen molar-refractivity contribution in [3.63, 3.8) is 0 Å². The molecule has 1 N–H and O–H groups in total. The lowest BCUT2D eigenvalue weighted by atomic mass is 9.96. The Labute approximate surface area is 183 Å². The van der Waals surface area contributed by atoms with Gasteiger partial charge in [0.1, 0.15) is 5.82 Å². The van der Waals surface area contributed by atoms with E-state index in [2.05, 4.69) is 10.2 Å². The van der Waals surface area contributed by atoms with E-state index in [-0.39, 0.29) is 23.6 Å². The molecule has 1 amide bonds. The maximum Gasteiger partial charge on any atom is 0.346 e. The SMILES string of the molecule is CCn1c(C2CCN(CC(=O)NCC3CCCO3)CC2)nn(Cc2ccccc2)c1=O. The number of carbonyl (C=O) groups is 1. The van der Waals surface area contributed by atoms with Gasteiger partial charge in [-0.3, -0.25) is 14.3 Å². The number of carbonyl (C=O) groups excluding carboxylic acids is 1. The van der Waals surface area contributed by atoms with Gasteiger partial charge in [-0.2, -0.15) is 5.10 Å². The fourth-order valence-corrected chi connectivity index (χ4v) is 4.56. The molecule has 1 atom stereocenters. The van der Waals surface area contributed by atoms with Gasteiger partial charge in [0.2, 0.25) is 5.91 Å². The zero-order chi connectivity index (χ0) is 21.6. The smallest absolute Gasteiger partial charge is 0.346 e. The van der Waals surface area contributed by atoms with Gasteiger partial charge in [-0.1, -0.05) is 30.3 Å². The lowest BCUT2D eigenvalue weighted by molar-refractivity contribution is -0.123. The van der Waals surface area contributed by atoms with E-state index in [4.69, 9.17) is 9.84 Å². The normalized spacial score (nSPS) is 20.2. The topological polar surface area (TPSA) is 81.4 Å². The number of rotatable bonds is 8. The number of likely N-dealkylation sites (tertiary alicyclic amines) is 1. The first-order valence-electron chi connectivity index (χ1n) is 11.5. The summed E-state index contributed by atoms with van der Waals surface area (Å²) in [7, 11) is 0. The van der Waals surface area contributed by atoms with Crippen LogP contribution in [0.5, 0.6) is 0 Å². The lowest BCUT2D eigenvalue weighted by Crippen LogP contribution is -2.43. The van der Waals surface area contributed by atoms with Crippen molar-refractivity contribution in [2.24, 2.45) is 0 Å². The van der Waals surface area contributed by atoms with Gasteiger partial charge in [0.25, 0.3) is 0 Å². The summed E-state index contributed by atoms with van der Waals surface area (Å²) in [5, 5.41) is 7.71. The number of benzene rings is 1. The third-order valence-corrected chi connectivity index (χ3v) is 6.31. The van der Waals surface area contributed by atoms with Crippen molar-refractivity contribution in [2.75, 3.05) is 32.8 Å². The number of hydrogen-bond acceptors (Lipinski definition) is 5. The summed E-state index contributed by atoms with van der Waals surface area (Å²) in [4.78, 5) is 27.3. The molecular formula is C23H33N5O3. The molecule has 4 rings (SSSR count). The summed E-state index contributed by atoms with van der Waals surface area (Å²) in [6, 6.07) is 9.95. The molecule has 8 heteroatoms. The summed E-state index contributed by atoms with van der Waals surface area (Å²) in [6.07, 6.45) is 4.09. The van der Waals surface area contributed by atoms with Crippen molar-refractivity contribution in [1.29, 1.82) is 0 Å². The molecule has 2 aromatic rings. The highest BCUT2D eigenvalue weighted by atomic mass is 16.5. The van der Waals surface area contributed by atoms with Gasteiger partial charge in [-0.15, -0.1) is 0 Å². The Kier molecular flexibility index (Phi) is 7.19. The molecule has 0 saturated carbocycles. The van der Waals surface area contributed by atoms with Crippen LogP contribution in [-0.2, 0) is 22.6 Å². The number of nitrogens with one attached hydrogen (secondary N) is 1. The highest BCUT2D eigenvalue weighted by molar-refractivity contribution is 5.78. The van der Waals surface area contributed by atoms with Gasteiger partial charge in [0.15, 0.2) is 0 Å². The molecule has 2 fully saturated rings. The van der Waals surface area contributed by atoms with E-state index in [1.54, 1.807) is 9.25 Å². The Morgan fingerprint density at radius 1 is 1.19 bits per heavy atom. The minimum Gasteiger partial charge on any atom is -0.376 e. The zero-order valence-electron chi connectivity index (χ0n) is 18.3. The molecule has 3 heterocycles. The highest BCUT2D eigenvalue weighted by Gasteiger charge is 2.27. The monoisotopic (exact) mass is 427 g/mol. The predicted octanol–water partition coefficient (Wildman–Crippen LogP) is 1.59. The van der Waals surface area contributed by atoms with E-state index < -0.39 is 0 Å². The number of aromatic nitrogens is 3. The maximum atomic E-state index is 12.8. The lowest BCUT2D eigenvalue weighted by Gasteiger charge is -2.31. The second kappa shape index (κ2) is 10.2. The number of nitrogens with zero attached hydrogens (tertiary/aromatic N) is 4. The van der Waals surface area contributed by atoms with Crippen LogP contribution in [0.1, 0.15) is 49.9 Å². The quantitative estimate of drug-likeness (QED) is 0.692. The van der Waals surface area contributed by atoms with Gasteiger partial charge < -0.3 is 10.1 Å². The van der Waals surface area contributed by atoms with Gasteiger partial charge >= 0.3 is 5.69 Å². The van der Waals surface area contributed by atoms with E-state index in [1.807, 2.05) is 37.3 Å². The summed E-state index contributed by atoms with van der Waals surface area (Å²) in [5.74, 6) is 1.19. The third kappa shape index (κ3) is 5.43. The Morgan fingerprint density at radius 2 is 1.97 bits per heavy atom. The molecule has 31 heavy (non-hydrogen) atoms. The summed E-state index contributed by atoms with van der Waals surface area (Å²) in [5.41, 5.74) is 1.03. The van der Waals surface area contributed by atoms with Crippen molar-refractivity contribution in [2.45, 2.75) is 57.7 Å². The van der Waals surface area contributed by atoms with E-state index in [0.717, 1.165) is 56.8 Å². The summed E-state index contributed by atoms with van der Waals surface area (Å²) < 4.78 is 8.95. The summed E-state index contributed by atoms with van der Waals surface area (Å²) in [6.45, 7) is 6.60. The first-order chi connectivity index (χ1) is 15.1. The molecule has 0 spiro atoms. The molecule has 1 unspecified atom stereocenters. The van der Waals surface area contributed by atoms with Crippen LogP contribution in [0.15, 0.2) is 35.1 Å². The molecule has 168 valence electrons. The van der Waals surface area contributed by atoms with E-state index in [1.165, 1.54) is 0 Å². The van der Waals surface area contributed by atoms with Crippen molar-refractivity contribution >= 4 is 5.91 Å². The molecule has 2 aliphatic heterocycles. The van der Waals surface area contributed by atoms with Crippen LogP contribution in [-0.4, -0.2) is 64.0 Å². The zero-order valence-corrected chi connectivity index (χ0v) is 18.3.